The van der Waals surface area contributed by atoms with Crippen molar-refractivity contribution in [3.63, 3.8) is 0 Å². The number of rotatable bonds is 5. The molecule has 0 bridgehead atoms. The van der Waals surface area contributed by atoms with Crippen LogP contribution >= 0.6 is 11.3 Å². The van der Waals surface area contributed by atoms with Crippen LogP contribution in [0.1, 0.15) is 29.8 Å². The molecule has 0 spiro atoms. The second-order valence-electron chi connectivity index (χ2n) is 4.34. The third kappa shape index (κ3) is 3.17. The fourth-order valence-electron chi connectivity index (χ4n) is 1.77. The number of nitrogen functional groups attached to an aromatic ring is 1. The first-order chi connectivity index (χ1) is 9.13. The average Bonchev–Trinajstić information content (AvgIpc) is 2.90. The molecule has 1 atom stereocenters. The van der Waals surface area contributed by atoms with Crippen LogP contribution in [0.5, 0.6) is 5.75 Å². The molecule has 3 N–H and O–H groups in total. The van der Waals surface area contributed by atoms with Gasteiger partial charge in [-0.05, 0) is 25.5 Å². The smallest absolute Gasteiger partial charge is 0.121 e. The fourth-order valence-corrected chi connectivity index (χ4v) is 2.63. The summed E-state index contributed by atoms with van der Waals surface area (Å²) >= 11 is 1.73. The van der Waals surface area contributed by atoms with Crippen molar-refractivity contribution in [3.8, 4) is 5.75 Å². The van der Waals surface area contributed by atoms with Gasteiger partial charge in [0.2, 0.25) is 0 Å². The van der Waals surface area contributed by atoms with Crippen molar-refractivity contribution < 1.29 is 4.74 Å². The van der Waals surface area contributed by atoms with Crippen molar-refractivity contribution >= 4 is 22.7 Å². The number of nitrogens with one attached hydrogen (secondary N) is 1. The monoisotopic (exact) mass is 277 g/mol. The van der Waals surface area contributed by atoms with Crippen molar-refractivity contribution in [1.82, 2.24) is 4.98 Å². The number of methoxy groups -OCH3 is 1. The van der Waals surface area contributed by atoms with Crippen molar-refractivity contribution in [2.75, 3.05) is 18.2 Å². The van der Waals surface area contributed by atoms with E-state index in [-0.39, 0.29) is 6.04 Å². The Balaban J connectivity index is 2.15. The summed E-state index contributed by atoms with van der Waals surface area (Å²) < 4.78 is 5.21. The molecule has 0 fully saturated rings. The van der Waals surface area contributed by atoms with Crippen LogP contribution in [0.3, 0.4) is 0 Å². The van der Waals surface area contributed by atoms with Crippen LogP contribution in [-0.2, 0) is 6.42 Å². The summed E-state index contributed by atoms with van der Waals surface area (Å²) in [5.74, 6) is 0.789. The number of benzene rings is 1. The Morgan fingerprint density at radius 1 is 1.47 bits per heavy atom. The maximum atomic E-state index is 5.97. The van der Waals surface area contributed by atoms with Gasteiger partial charge in [0, 0.05) is 17.1 Å². The number of anilines is 2. The lowest BCUT2D eigenvalue weighted by Gasteiger charge is -2.15. The van der Waals surface area contributed by atoms with Gasteiger partial charge in [-0.25, -0.2) is 4.98 Å². The molecule has 0 aliphatic carbocycles. The second-order valence-corrected chi connectivity index (χ2v) is 5.48. The highest BCUT2D eigenvalue weighted by Crippen LogP contribution is 2.29. The lowest BCUT2D eigenvalue weighted by molar-refractivity contribution is 0.415. The minimum atomic E-state index is 0.125. The van der Waals surface area contributed by atoms with Crippen LogP contribution in [0.15, 0.2) is 24.4 Å². The van der Waals surface area contributed by atoms with Gasteiger partial charge in [-0.2, -0.15) is 0 Å². The zero-order chi connectivity index (χ0) is 13.8. The van der Waals surface area contributed by atoms with Crippen LogP contribution in [0, 0.1) is 0 Å². The highest BCUT2D eigenvalue weighted by atomic mass is 32.1. The number of hydrogen-bond acceptors (Lipinski definition) is 5. The largest absolute Gasteiger partial charge is 0.497 e. The molecule has 0 aliphatic rings. The zero-order valence-corrected chi connectivity index (χ0v) is 12.3. The van der Waals surface area contributed by atoms with E-state index in [1.165, 1.54) is 4.88 Å². The topological polar surface area (TPSA) is 60.2 Å². The van der Waals surface area contributed by atoms with Crippen molar-refractivity contribution in [2.24, 2.45) is 0 Å². The van der Waals surface area contributed by atoms with Crippen molar-refractivity contribution in [3.05, 3.63) is 34.3 Å². The van der Waals surface area contributed by atoms with Gasteiger partial charge in [0.15, 0.2) is 0 Å². The summed E-state index contributed by atoms with van der Waals surface area (Å²) in [7, 11) is 1.65. The van der Waals surface area contributed by atoms with E-state index in [9.17, 15) is 0 Å². The Kier molecular flexibility index (Phi) is 4.27. The van der Waals surface area contributed by atoms with Crippen LogP contribution < -0.4 is 15.8 Å². The van der Waals surface area contributed by atoms with E-state index in [0.29, 0.717) is 5.69 Å². The molecule has 1 aromatic carbocycles. The number of thiazole rings is 1. The lowest BCUT2D eigenvalue weighted by Crippen LogP contribution is -2.08. The predicted octanol–water partition coefficient (Wildman–Crippen LogP) is 3.47. The van der Waals surface area contributed by atoms with Gasteiger partial charge < -0.3 is 15.8 Å². The first-order valence-corrected chi connectivity index (χ1v) is 7.10. The standard InChI is InChI=1S/C14H19N3OS/c1-4-11-8-16-14(19-11)9(2)17-13-7-10(18-3)5-6-12(13)15/h5-9,17H,4,15H2,1-3H3. The quantitative estimate of drug-likeness (QED) is 0.822. The fraction of sp³-hybridized carbons (Fsp3) is 0.357. The van der Waals surface area contributed by atoms with Crippen molar-refractivity contribution in [1.29, 1.82) is 0 Å². The number of aryl methyl sites for hydroxylation is 1. The number of ether oxygens (including phenoxy) is 1. The number of nitrogens with zero attached hydrogens (tertiary/aromatic N) is 1. The average molecular weight is 277 g/mol. The van der Waals surface area contributed by atoms with E-state index < -0.39 is 0 Å². The van der Waals surface area contributed by atoms with Crippen LogP contribution in [0.4, 0.5) is 11.4 Å². The van der Waals surface area contributed by atoms with Gasteiger partial charge in [0.25, 0.3) is 0 Å². The van der Waals surface area contributed by atoms with Gasteiger partial charge in [-0.1, -0.05) is 6.92 Å². The summed E-state index contributed by atoms with van der Waals surface area (Å²) in [6, 6.07) is 5.72. The van der Waals surface area contributed by atoms with Crippen LogP contribution in [-0.4, -0.2) is 12.1 Å². The number of hydrogen-bond donors (Lipinski definition) is 2. The molecule has 2 rings (SSSR count). The summed E-state index contributed by atoms with van der Waals surface area (Å²) in [4.78, 5) is 5.73. The molecule has 0 amide bonds. The molecule has 19 heavy (non-hydrogen) atoms. The number of aromatic nitrogens is 1. The molecule has 0 radical (unpaired) electrons. The predicted molar refractivity (Wildman–Crippen MR) is 80.9 cm³/mol. The van der Waals surface area contributed by atoms with Gasteiger partial charge in [0.05, 0.1) is 24.5 Å². The molecular formula is C14H19N3OS. The summed E-state index contributed by atoms with van der Waals surface area (Å²) in [5.41, 5.74) is 7.55. The highest BCUT2D eigenvalue weighted by molar-refractivity contribution is 7.11. The molecule has 2 aromatic rings. The second kappa shape index (κ2) is 5.93. The first kappa shape index (κ1) is 13.7. The third-order valence-corrected chi connectivity index (χ3v) is 4.25. The minimum Gasteiger partial charge on any atom is -0.497 e. The molecule has 4 nitrogen and oxygen atoms in total. The van der Waals surface area contributed by atoms with Gasteiger partial charge in [-0.3, -0.25) is 0 Å². The summed E-state index contributed by atoms with van der Waals surface area (Å²) in [6.07, 6.45) is 2.96. The third-order valence-electron chi connectivity index (χ3n) is 2.92. The molecule has 0 saturated carbocycles. The van der Waals surface area contributed by atoms with Crippen LogP contribution in [0.2, 0.25) is 0 Å². The molecule has 102 valence electrons. The summed E-state index contributed by atoms with van der Waals surface area (Å²) in [5, 5.41) is 4.45. The van der Waals surface area contributed by atoms with Gasteiger partial charge in [0.1, 0.15) is 10.8 Å². The summed E-state index contributed by atoms with van der Waals surface area (Å²) in [6.45, 7) is 4.21. The molecular weight excluding hydrogens is 258 g/mol. The normalized spacial score (nSPS) is 12.2. The Hall–Kier alpha value is -1.75. The molecule has 0 aliphatic heterocycles. The van der Waals surface area contributed by atoms with E-state index in [4.69, 9.17) is 10.5 Å². The first-order valence-electron chi connectivity index (χ1n) is 6.28. The molecule has 5 heteroatoms. The number of nitrogens with two attached hydrogens (primary N) is 1. The van der Waals surface area contributed by atoms with Crippen LogP contribution in [0.25, 0.3) is 0 Å². The van der Waals surface area contributed by atoms with E-state index in [1.807, 2.05) is 24.4 Å². The zero-order valence-electron chi connectivity index (χ0n) is 11.4. The van der Waals surface area contributed by atoms with E-state index in [1.54, 1.807) is 18.4 Å². The minimum absolute atomic E-state index is 0.125. The van der Waals surface area contributed by atoms with Gasteiger partial charge in [-0.15, -0.1) is 11.3 Å². The maximum Gasteiger partial charge on any atom is 0.121 e. The van der Waals surface area contributed by atoms with E-state index >= 15 is 0 Å². The Labute approximate surface area is 117 Å². The molecule has 0 saturated heterocycles. The Morgan fingerprint density at radius 2 is 2.26 bits per heavy atom. The van der Waals surface area contributed by atoms with E-state index in [2.05, 4.69) is 24.1 Å². The Bertz CT molecular complexity index is 553. The molecule has 1 heterocycles. The molecule has 1 unspecified atom stereocenters. The Morgan fingerprint density at radius 3 is 2.89 bits per heavy atom. The maximum absolute atomic E-state index is 5.97. The molecule has 1 aromatic heterocycles. The SMILES string of the molecule is CCc1cnc(C(C)Nc2cc(OC)ccc2N)s1. The van der Waals surface area contributed by atoms with Gasteiger partial charge >= 0.3 is 0 Å². The lowest BCUT2D eigenvalue weighted by atomic mass is 10.2. The van der Waals surface area contributed by atoms with Crippen molar-refractivity contribution in [2.45, 2.75) is 26.3 Å². The highest BCUT2D eigenvalue weighted by Gasteiger charge is 2.11. The van der Waals surface area contributed by atoms with E-state index in [0.717, 1.165) is 22.9 Å².